The third-order valence-corrected chi connectivity index (χ3v) is 3.25. The first-order valence-electron chi connectivity index (χ1n) is 6.04. The van der Waals surface area contributed by atoms with Crippen molar-refractivity contribution in [2.24, 2.45) is 0 Å². The average molecular weight is 271 g/mol. The summed E-state index contributed by atoms with van der Waals surface area (Å²) in [6.45, 7) is 10.9. The van der Waals surface area contributed by atoms with Crippen LogP contribution in [-0.2, 0) is 14.0 Å². The van der Waals surface area contributed by atoms with Gasteiger partial charge in [0.15, 0.2) is 8.32 Å². The summed E-state index contributed by atoms with van der Waals surface area (Å²) in [6.07, 6.45) is 5.57. The van der Waals surface area contributed by atoms with Crippen molar-refractivity contribution in [1.82, 2.24) is 5.32 Å². The summed E-state index contributed by atoms with van der Waals surface area (Å²) in [6, 6.07) is -0.486. The van der Waals surface area contributed by atoms with Crippen LogP contribution in [0.2, 0.25) is 19.6 Å². The van der Waals surface area contributed by atoms with Crippen LogP contribution >= 0.6 is 0 Å². The van der Waals surface area contributed by atoms with E-state index in [4.69, 9.17) is 15.6 Å². The van der Waals surface area contributed by atoms with E-state index < -0.39 is 14.4 Å². The maximum atomic E-state index is 11.6. The molecule has 4 nitrogen and oxygen atoms in total. The predicted molar refractivity (Wildman–Crippen MR) is 75.8 cm³/mol. The van der Waals surface area contributed by atoms with Crippen LogP contribution in [0.5, 0.6) is 0 Å². The Morgan fingerprint density at radius 1 is 1.44 bits per heavy atom. The van der Waals surface area contributed by atoms with Crippen molar-refractivity contribution in [2.45, 2.75) is 51.5 Å². The monoisotopic (exact) mass is 271 g/mol. The minimum absolute atomic E-state index is 0.309. The van der Waals surface area contributed by atoms with Crippen LogP contribution in [0.25, 0.3) is 0 Å². The third kappa shape index (κ3) is 7.48. The van der Waals surface area contributed by atoms with Crippen molar-refractivity contribution in [3.63, 3.8) is 0 Å². The number of esters is 1. The summed E-state index contributed by atoms with van der Waals surface area (Å²) >= 11 is 0. The Hall–Kier alpha value is -0.833. The third-order valence-electron chi connectivity index (χ3n) is 2.24. The number of methoxy groups -OCH3 is 1. The summed E-state index contributed by atoms with van der Waals surface area (Å²) in [7, 11) is -0.208. The minimum atomic E-state index is -1.57. The first-order chi connectivity index (χ1) is 8.11. The van der Waals surface area contributed by atoms with Crippen LogP contribution in [0.3, 0.4) is 0 Å². The molecule has 104 valence electrons. The standard InChI is InChI=1S/C13H25NO3Si/c1-8-9-11(12(15)16-4)14-13(2,3)10-17-18(5,6)7/h1,11,14H,9-10H2,2-7H3. The Balaban J connectivity index is 4.51. The van der Waals surface area contributed by atoms with Crippen molar-refractivity contribution in [3.8, 4) is 12.3 Å². The molecule has 0 radical (unpaired) electrons. The van der Waals surface area contributed by atoms with Gasteiger partial charge in [-0.2, -0.15) is 0 Å². The summed E-state index contributed by atoms with van der Waals surface area (Å²) in [5.74, 6) is 2.14. The molecule has 0 saturated carbocycles. The number of hydrogen-bond donors (Lipinski definition) is 1. The van der Waals surface area contributed by atoms with Crippen molar-refractivity contribution in [2.75, 3.05) is 13.7 Å². The van der Waals surface area contributed by atoms with Crippen LogP contribution in [0.15, 0.2) is 0 Å². The molecule has 0 spiro atoms. The maximum Gasteiger partial charge on any atom is 0.323 e. The number of hydrogen-bond acceptors (Lipinski definition) is 4. The molecule has 0 heterocycles. The second-order valence-electron chi connectivity index (χ2n) is 5.91. The van der Waals surface area contributed by atoms with Crippen molar-refractivity contribution >= 4 is 14.3 Å². The lowest BCUT2D eigenvalue weighted by Gasteiger charge is -2.32. The molecule has 0 aromatic heterocycles. The molecule has 0 bridgehead atoms. The Bertz CT molecular complexity index is 315. The Morgan fingerprint density at radius 3 is 2.39 bits per heavy atom. The van der Waals surface area contributed by atoms with Gasteiger partial charge in [-0.1, -0.05) is 0 Å². The number of carbonyl (C=O) groups excluding carboxylic acids is 1. The van der Waals surface area contributed by atoms with Crippen LogP contribution < -0.4 is 5.32 Å². The molecule has 0 rings (SSSR count). The number of rotatable bonds is 7. The lowest BCUT2D eigenvalue weighted by atomic mass is 10.0. The topological polar surface area (TPSA) is 47.6 Å². The molecule has 0 aromatic rings. The van der Waals surface area contributed by atoms with E-state index in [0.717, 1.165) is 0 Å². The van der Waals surface area contributed by atoms with Gasteiger partial charge in [-0.25, -0.2) is 0 Å². The minimum Gasteiger partial charge on any atom is -0.468 e. The molecule has 18 heavy (non-hydrogen) atoms. The highest BCUT2D eigenvalue weighted by atomic mass is 28.4. The fourth-order valence-corrected chi connectivity index (χ4v) is 2.16. The molecule has 0 aliphatic carbocycles. The van der Waals surface area contributed by atoms with Crippen molar-refractivity contribution in [3.05, 3.63) is 0 Å². The second kappa shape index (κ2) is 6.93. The lowest BCUT2D eigenvalue weighted by molar-refractivity contribution is -0.143. The summed E-state index contributed by atoms with van der Waals surface area (Å²) in [5, 5.41) is 3.20. The molecular formula is C13H25NO3Si. The van der Waals surface area contributed by atoms with Gasteiger partial charge in [0.25, 0.3) is 0 Å². The van der Waals surface area contributed by atoms with E-state index in [9.17, 15) is 4.79 Å². The zero-order valence-electron chi connectivity index (χ0n) is 12.3. The molecule has 1 N–H and O–H groups in total. The van der Waals surface area contributed by atoms with E-state index in [1.807, 2.05) is 13.8 Å². The maximum absolute atomic E-state index is 11.6. The molecule has 0 saturated heterocycles. The van der Waals surface area contributed by atoms with Gasteiger partial charge in [-0.05, 0) is 33.5 Å². The van der Waals surface area contributed by atoms with Gasteiger partial charge in [-0.15, -0.1) is 12.3 Å². The quantitative estimate of drug-likeness (QED) is 0.435. The highest BCUT2D eigenvalue weighted by Gasteiger charge is 2.29. The molecule has 0 aromatic carbocycles. The highest BCUT2D eigenvalue weighted by Crippen LogP contribution is 2.11. The van der Waals surface area contributed by atoms with E-state index in [0.29, 0.717) is 13.0 Å². The summed E-state index contributed by atoms with van der Waals surface area (Å²) < 4.78 is 10.6. The number of ether oxygens (including phenoxy) is 1. The smallest absolute Gasteiger partial charge is 0.323 e. The van der Waals surface area contributed by atoms with Gasteiger partial charge < -0.3 is 9.16 Å². The highest BCUT2D eigenvalue weighted by molar-refractivity contribution is 6.69. The largest absolute Gasteiger partial charge is 0.468 e. The molecule has 5 heteroatoms. The van der Waals surface area contributed by atoms with Crippen LogP contribution in [0.4, 0.5) is 0 Å². The summed E-state index contributed by atoms with van der Waals surface area (Å²) in [4.78, 5) is 11.6. The fraction of sp³-hybridized carbons (Fsp3) is 0.769. The first kappa shape index (κ1) is 17.2. The van der Waals surface area contributed by atoms with Crippen LogP contribution in [0.1, 0.15) is 20.3 Å². The second-order valence-corrected chi connectivity index (χ2v) is 10.4. The zero-order chi connectivity index (χ0) is 14.4. The lowest BCUT2D eigenvalue weighted by Crippen LogP contribution is -2.53. The van der Waals surface area contributed by atoms with Crippen LogP contribution in [-0.4, -0.2) is 39.6 Å². The van der Waals surface area contributed by atoms with E-state index in [1.54, 1.807) is 0 Å². The number of nitrogens with one attached hydrogen (secondary N) is 1. The van der Waals surface area contributed by atoms with E-state index >= 15 is 0 Å². The number of carbonyl (C=O) groups is 1. The molecule has 0 aliphatic heterocycles. The molecule has 0 fully saturated rings. The van der Waals surface area contributed by atoms with Gasteiger partial charge in [0.1, 0.15) is 6.04 Å². The molecule has 0 amide bonds. The van der Waals surface area contributed by atoms with E-state index in [-0.39, 0.29) is 11.5 Å². The molecule has 1 atom stereocenters. The molecule has 1 unspecified atom stereocenters. The Morgan fingerprint density at radius 2 is 2.00 bits per heavy atom. The Kier molecular flexibility index (Phi) is 6.61. The Labute approximate surface area is 112 Å². The first-order valence-corrected chi connectivity index (χ1v) is 9.45. The number of terminal acetylenes is 1. The fourth-order valence-electron chi connectivity index (χ4n) is 1.36. The van der Waals surface area contributed by atoms with E-state index in [1.165, 1.54) is 7.11 Å². The molecular weight excluding hydrogens is 246 g/mol. The van der Waals surface area contributed by atoms with Gasteiger partial charge >= 0.3 is 5.97 Å². The van der Waals surface area contributed by atoms with Crippen molar-refractivity contribution < 1.29 is 14.0 Å². The average Bonchev–Trinajstić information content (AvgIpc) is 2.24. The van der Waals surface area contributed by atoms with Gasteiger partial charge in [-0.3, -0.25) is 10.1 Å². The van der Waals surface area contributed by atoms with Crippen LogP contribution in [0, 0.1) is 12.3 Å². The van der Waals surface area contributed by atoms with Gasteiger partial charge in [0.05, 0.1) is 13.7 Å². The molecule has 0 aliphatic rings. The normalized spacial score (nSPS) is 13.8. The zero-order valence-corrected chi connectivity index (χ0v) is 13.3. The van der Waals surface area contributed by atoms with E-state index in [2.05, 4.69) is 30.9 Å². The SMILES string of the molecule is C#CCC(NC(C)(C)CO[Si](C)(C)C)C(=O)OC. The predicted octanol–water partition coefficient (Wildman–Crippen LogP) is 1.77. The van der Waals surface area contributed by atoms with Crippen molar-refractivity contribution in [1.29, 1.82) is 0 Å². The van der Waals surface area contributed by atoms with Gasteiger partial charge in [0, 0.05) is 12.0 Å². The summed E-state index contributed by atoms with van der Waals surface area (Å²) in [5.41, 5.74) is -0.323. The van der Waals surface area contributed by atoms with Gasteiger partial charge in [0.2, 0.25) is 0 Å².